The Balaban J connectivity index is 1.32. The van der Waals surface area contributed by atoms with Crippen molar-refractivity contribution in [3.63, 3.8) is 0 Å². The molecule has 0 atom stereocenters. The summed E-state index contributed by atoms with van der Waals surface area (Å²) in [5.41, 5.74) is 8.99. The molecule has 1 aliphatic carbocycles. The predicted octanol–water partition coefficient (Wildman–Crippen LogP) is 10.6. The fraction of sp³-hybridized carbons (Fsp3) is 0.0833. The smallest absolute Gasteiger partial charge is 0.263 e. The van der Waals surface area contributed by atoms with Gasteiger partial charge in [-0.15, -0.1) is 22.7 Å². The lowest BCUT2D eigenvalue weighted by Crippen LogP contribution is -2.16. The van der Waals surface area contributed by atoms with Crippen LogP contribution in [-0.2, 0) is 5.41 Å². The van der Waals surface area contributed by atoms with Gasteiger partial charge in [-0.3, -0.25) is 4.98 Å². The van der Waals surface area contributed by atoms with E-state index < -0.39 is 0 Å². The molecule has 0 aliphatic heterocycles. The van der Waals surface area contributed by atoms with E-state index >= 15 is 0 Å². The fourth-order valence-corrected chi connectivity index (χ4v) is 8.74. The van der Waals surface area contributed by atoms with E-state index in [4.69, 9.17) is 11.6 Å². The van der Waals surface area contributed by atoms with Gasteiger partial charge in [0.25, 0.3) is 5.70 Å². The topological polar surface area (TPSA) is 44.3 Å². The van der Waals surface area contributed by atoms with E-state index in [1.807, 2.05) is 36.5 Å². The fourth-order valence-electron chi connectivity index (χ4n) is 5.80. The molecule has 0 saturated heterocycles. The maximum absolute atomic E-state index is 9.24. The van der Waals surface area contributed by atoms with Crippen molar-refractivity contribution in [3.05, 3.63) is 136 Å². The van der Waals surface area contributed by atoms with Crippen molar-refractivity contribution in [2.24, 2.45) is 0 Å². The molecule has 42 heavy (non-hydrogen) atoms. The van der Waals surface area contributed by atoms with Gasteiger partial charge in [0.1, 0.15) is 0 Å². The second kappa shape index (κ2) is 10.1. The van der Waals surface area contributed by atoms with Crippen LogP contribution in [-0.4, -0.2) is 4.98 Å². The monoisotopic (exact) mass is 576 g/mol. The van der Waals surface area contributed by atoms with E-state index in [2.05, 4.69) is 96.4 Å². The lowest BCUT2D eigenvalue weighted by atomic mass is 9.82. The second-order valence-electron chi connectivity index (χ2n) is 10.7. The number of allylic oxidation sites excluding steroid dienone is 1. The van der Waals surface area contributed by atoms with Crippen molar-refractivity contribution >= 4 is 55.2 Å². The number of nitrogens with zero attached hydrogens (tertiary/aromatic N) is 4. The minimum atomic E-state index is -0.208. The van der Waals surface area contributed by atoms with Crippen molar-refractivity contribution in [3.8, 4) is 27.8 Å². The Bertz CT molecular complexity index is 2050. The van der Waals surface area contributed by atoms with Crippen LogP contribution in [0, 0.1) is 17.9 Å². The molecule has 0 N–H and O–H groups in total. The third-order valence-electron chi connectivity index (χ3n) is 7.79. The highest BCUT2D eigenvalue weighted by atomic mass is 32.1. The highest BCUT2D eigenvalue weighted by Gasteiger charge is 2.40. The summed E-state index contributed by atoms with van der Waals surface area (Å²) >= 11 is 3.46. The van der Waals surface area contributed by atoms with Crippen molar-refractivity contribution in [2.75, 3.05) is 4.90 Å². The van der Waals surface area contributed by atoms with E-state index in [9.17, 15) is 5.26 Å². The van der Waals surface area contributed by atoms with Crippen molar-refractivity contribution in [1.29, 1.82) is 5.26 Å². The number of benzene rings is 3. The molecular weight excluding hydrogens is 553 g/mol. The van der Waals surface area contributed by atoms with Gasteiger partial charge in [0.2, 0.25) is 0 Å². The number of anilines is 3. The maximum atomic E-state index is 9.24. The predicted molar refractivity (Wildman–Crippen MR) is 175 cm³/mol. The van der Waals surface area contributed by atoms with Gasteiger partial charge >= 0.3 is 0 Å². The highest BCUT2D eigenvalue weighted by molar-refractivity contribution is 7.30. The summed E-state index contributed by atoms with van der Waals surface area (Å²) in [5.74, 6) is 0. The molecule has 0 saturated carbocycles. The molecule has 4 nitrogen and oxygen atoms in total. The van der Waals surface area contributed by atoms with E-state index in [-0.39, 0.29) is 11.1 Å². The normalized spacial score (nSPS) is 13.3. The standard InChI is InChI=1S/C36H24N4S2/c1-36(2)30-19-26(14-16-29(30)34-33(36)35-32(42-34)20-28(41-35)18-24(21-37)38-3)40(25-12-8-5-9-13-25)27-15-17-31(39-22-27)23-10-6-4-7-11-23/h4-20,22H,1-2H3/b24-18-. The first-order valence-corrected chi connectivity index (χ1v) is 15.2. The summed E-state index contributed by atoms with van der Waals surface area (Å²) in [6.07, 6.45) is 3.65. The maximum Gasteiger partial charge on any atom is 0.263 e. The van der Waals surface area contributed by atoms with Crippen LogP contribution in [0.2, 0.25) is 0 Å². The molecule has 0 fully saturated rings. The first-order valence-electron chi connectivity index (χ1n) is 13.6. The lowest BCUT2D eigenvalue weighted by molar-refractivity contribution is 0.668. The number of hydrogen-bond donors (Lipinski definition) is 0. The van der Waals surface area contributed by atoms with Gasteiger partial charge in [-0.25, -0.2) is 10.1 Å². The van der Waals surface area contributed by atoms with Gasteiger partial charge in [0.15, 0.2) is 0 Å². The molecule has 0 radical (unpaired) electrons. The molecule has 0 amide bonds. The average molecular weight is 577 g/mol. The Morgan fingerprint density at radius 3 is 2.33 bits per heavy atom. The molecule has 6 aromatic rings. The van der Waals surface area contributed by atoms with Gasteiger partial charge in [-0.2, -0.15) is 0 Å². The first-order chi connectivity index (χ1) is 20.5. The number of para-hydroxylation sites is 1. The average Bonchev–Trinajstić information content (AvgIpc) is 3.64. The summed E-state index contributed by atoms with van der Waals surface area (Å²) < 4.78 is 2.45. The number of fused-ring (bicyclic) bond motifs is 5. The van der Waals surface area contributed by atoms with Gasteiger partial charge in [0, 0.05) is 36.8 Å². The second-order valence-corrected chi connectivity index (χ2v) is 12.8. The lowest BCUT2D eigenvalue weighted by Gasteiger charge is -2.28. The minimum Gasteiger partial charge on any atom is -0.309 e. The Labute approximate surface area is 252 Å². The molecule has 1 aliphatic rings. The van der Waals surface area contributed by atoms with Gasteiger partial charge in [-0.05, 0) is 65.2 Å². The van der Waals surface area contributed by atoms with Crippen LogP contribution in [0.15, 0.2) is 109 Å². The summed E-state index contributed by atoms with van der Waals surface area (Å²) in [4.78, 5) is 12.7. The molecule has 7 rings (SSSR count). The summed E-state index contributed by atoms with van der Waals surface area (Å²) in [6, 6.07) is 35.8. The molecule has 0 spiro atoms. The van der Waals surface area contributed by atoms with E-state index in [0.29, 0.717) is 0 Å². The van der Waals surface area contributed by atoms with E-state index in [0.717, 1.165) is 33.2 Å². The number of thiophene rings is 2. The van der Waals surface area contributed by atoms with Crippen LogP contribution in [0.3, 0.4) is 0 Å². The van der Waals surface area contributed by atoms with Crippen LogP contribution in [0.1, 0.15) is 29.9 Å². The van der Waals surface area contributed by atoms with Crippen LogP contribution < -0.4 is 4.90 Å². The molecule has 0 unspecified atom stereocenters. The number of aromatic nitrogens is 1. The molecule has 3 aromatic heterocycles. The van der Waals surface area contributed by atoms with Gasteiger partial charge in [-0.1, -0.05) is 68.4 Å². The summed E-state index contributed by atoms with van der Waals surface area (Å²) in [7, 11) is 0. The number of nitriles is 1. The Kier molecular flexibility index (Phi) is 6.25. The Morgan fingerprint density at radius 2 is 1.64 bits per heavy atom. The van der Waals surface area contributed by atoms with Crippen LogP contribution >= 0.6 is 22.7 Å². The van der Waals surface area contributed by atoms with Crippen molar-refractivity contribution < 1.29 is 0 Å². The minimum absolute atomic E-state index is 0.111. The third-order valence-corrected chi connectivity index (χ3v) is 10.2. The molecule has 200 valence electrons. The van der Waals surface area contributed by atoms with Crippen LogP contribution in [0.4, 0.5) is 17.1 Å². The Hall–Kier alpha value is -5.01. The molecule has 6 heteroatoms. The molecular formula is C36H24N4S2. The number of rotatable bonds is 5. The zero-order valence-electron chi connectivity index (χ0n) is 23.0. The molecule has 3 aromatic carbocycles. The zero-order chi connectivity index (χ0) is 28.8. The van der Waals surface area contributed by atoms with Crippen LogP contribution in [0.25, 0.3) is 42.0 Å². The zero-order valence-corrected chi connectivity index (χ0v) is 24.6. The van der Waals surface area contributed by atoms with Crippen LogP contribution in [0.5, 0.6) is 0 Å². The summed E-state index contributed by atoms with van der Waals surface area (Å²) in [6.45, 7) is 11.8. The quantitative estimate of drug-likeness (QED) is 0.151. The van der Waals surface area contributed by atoms with Crippen molar-refractivity contribution in [1.82, 2.24) is 4.98 Å². The first kappa shape index (κ1) is 25.9. The molecule has 3 heterocycles. The summed E-state index contributed by atoms with van der Waals surface area (Å²) in [5, 5.41) is 9.24. The third kappa shape index (κ3) is 4.21. The SMILES string of the molecule is [C-]#[N+]/C(C#N)=C\c1cc2sc3c(c2s1)C(C)(C)c1cc(N(c2ccccc2)c2ccc(-c4ccccc4)nc2)ccc1-3. The number of hydrogen-bond acceptors (Lipinski definition) is 5. The Morgan fingerprint density at radius 1 is 0.905 bits per heavy atom. The van der Waals surface area contributed by atoms with Crippen molar-refractivity contribution in [2.45, 2.75) is 19.3 Å². The number of pyridine rings is 1. The molecule has 0 bridgehead atoms. The van der Waals surface area contributed by atoms with Gasteiger partial charge < -0.3 is 4.90 Å². The van der Waals surface area contributed by atoms with E-state index in [1.165, 1.54) is 31.0 Å². The van der Waals surface area contributed by atoms with Gasteiger partial charge in [0.05, 0.1) is 34.9 Å². The highest BCUT2D eigenvalue weighted by Crippen LogP contribution is 2.58. The largest absolute Gasteiger partial charge is 0.309 e. The van der Waals surface area contributed by atoms with E-state index in [1.54, 1.807) is 28.7 Å².